The molecule has 1 aliphatic rings. The van der Waals surface area contributed by atoms with Gasteiger partial charge >= 0.3 is 5.97 Å². The second kappa shape index (κ2) is 5.54. The lowest BCUT2D eigenvalue weighted by Gasteiger charge is -2.34. The van der Waals surface area contributed by atoms with Crippen molar-refractivity contribution in [1.29, 1.82) is 0 Å². The highest BCUT2D eigenvalue weighted by molar-refractivity contribution is 7.88. The third-order valence-corrected chi connectivity index (χ3v) is 4.74. The van der Waals surface area contributed by atoms with Crippen LogP contribution in [0.5, 0.6) is 0 Å². The number of piperazine rings is 1. The van der Waals surface area contributed by atoms with Crippen molar-refractivity contribution in [2.75, 3.05) is 39.0 Å². The largest absolute Gasteiger partial charge is 0.481 e. The molecule has 0 spiro atoms. The highest BCUT2D eigenvalue weighted by atomic mass is 32.2. The normalized spacial score (nSPS) is 19.9. The maximum Gasteiger partial charge on any atom is 0.309 e. The molecule has 0 aromatic carbocycles. The fourth-order valence-electron chi connectivity index (χ4n) is 1.83. The van der Waals surface area contributed by atoms with E-state index in [1.807, 2.05) is 0 Å². The maximum absolute atomic E-state index is 11.3. The Bertz CT molecular complexity index is 397. The summed E-state index contributed by atoms with van der Waals surface area (Å²) in [5, 5.41) is 9.01. The Balaban J connectivity index is 2.39. The molecule has 0 amide bonds. The summed E-state index contributed by atoms with van der Waals surface area (Å²) in [4.78, 5) is 13.1. The predicted molar refractivity (Wildman–Crippen MR) is 68.9 cm³/mol. The number of carboxylic acids is 1. The van der Waals surface area contributed by atoms with Crippen LogP contribution in [0.4, 0.5) is 0 Å². The van der Waals surface area contributed by atoms with E-state index in [9.17, 15) is 13.2 Å². The zero-order chi connectivity index (χ0) is 14.0. The van der Waals surface area contributed by atoms with Crippen molar-refractivity contribution in [3.8, 4) is 0 Å². The zero-order valence-corrected chi connectivity index (χ0v) is 12.0. The number of rotatable bonds is 5. The topological polar surface area (TPSA) is 77.9 Å². The summed E-state index contributed by atoms with van der Waals surface area (Å²) >= 11 is 0. The van der Waals surface area contributed by atoms with Crippen LogP contribution in [0.2, 0.25) is 0 Å². The number of carbonyl (C=O) groups is 1. The van der Waals surface area contributed by atoms with Gasteiger partial charge in [0.15, 0.2) is 0 Å². The van der Waals surface area contributed by atoms with Crippen molar-refractivity contribution in [1.82, 2.24) is 9.21 Å². The lowest BCUT2D eigenvalue weighted by molar-refractivity contribution is -0.147. The maximum atomic E-state index is 11.3. The SMILES string of the molecule is CC(C)(CCN1CCN(S(C)(=O)=O)CC1)C(=O)O. The first kappa shape index (κ1) is 15.4. The van der Waals surface area contributed by atoms with Crippen LogP contribution in [0, 0.1) is 5.41 Å². The molecule has 106 valence electrons. The third kappa shape index (κ3) is 4.22. The van der Waals surface area contributed by atoms with Crippen molar-refractivity contribution >= 4 is 16.0 Å². The first-order chi connectivity index (χ1) is 8.13. The molecule has 0 bridgehead atoms. The molecule has 0 radical (unpaired) electrons. The molecule has 1 heterocycles. The number of aliphatic carboxylic acids is 1. The van der Waals surface area contributed by atoms with Gasteiger partial charge in [0.2, 0.25) is 10.0 Å². The molecule has 6 nitrogen and oxygen atoms in total. The summed E-state index contributed by atoms with van der Waals surface area (Å²) < 4.78 is 24.1. The Labute approximate surface area is 109 Å². The highest BCUT2D eigenvalue weighted by Crippen LogP contribution is 2.21. The van der Waals surface area contributed by atoms with E-state index in [2.05, 4.69) is 4.90 Å². The molecule has 0 atom stereocenters. The average molecular weight is 278 g/mol. The molecule has 0 aromatic heterocycles. The van der Waals surface area contributed by atoms with E-state index >= 15 is 0 Å². The lowest BCUT2D eigenvalue weighted by atomic mass is 9.89. The van der Waals surface area contributed by atoms with Gasteiger partial charge in [-0.05, 0) is 26.8 Å². The summed E-state index contributed by atoms with van der Waals surface area (Å²) in [6.45, 7) is 6.44. The van der Waals surface area contributed by atoms with Crippen molar-refractivity contribution in [2.45, 2.75) is 20.3 Å². The molecule has 1 saturated heterocycles. The van der Waals surface area contributed by atoms with Gasteiger partial charge in [0.1, 0.15) is 0 Å². The second-order valence-corrected chi connectivity index (χ2v) is 7.43. The van der Waals surface area contributed by atoms with Crippen LogP contribution in [0.25, 0.3) is 0 Å². The fourth-order valence-corrected chi connectivity index (χ4v) is 2.66. The summed E-state index contributed by atoms with van der Waals surface area (Å²) in [6, 6.07) is 0. The van der Waals surface area contributed by atoms with Crippen molar-refractivity contribution in [3.63, 3.8) is 0 Å². The van der Waals surface area contributed by atoms with Gasteiger partial charge in [-0.25, -0.2) is 8.42 Å². The highest BCUT2D eigenvalue weighted by Gasteiger charge is 2.29. The molecule has 7 heteroatoms. The van der Waals surface area contributed by atoms with Gasteiger partial charge in [-0.1, -0.05) is 0 Å². The Morgan fingerprint density at radius 2 is 1.72 bits per heavy atom. The van der Waals surface area contributed by atoms with Crippen LogP contribution in [0.15, 0.2) is 0 Å². The minimum atomic E-state index is -3.09. The molecule has 1 rings (SSSR count). The van der Waals surface area contributed by atoms with Crippen LogP contribution in [-0.2, 0) is 14.8 Å². The number of hydrogen-bond acceptors (Lipinski definition) is 4. The molecule has 1 N–H and O–H groups in total. The van der Waals surface area contributed by atoms with Crippen LogP contribution in [0.1, 0.15) is 20.3 Å². The van der Waals surface area contributed by atoms with E-state index in [4.69, 9.17) is 5.11 Å². The number of sulfonamides is 1. The summed E-state index contributed by atoms with van der Waals surface area (Å²) in [6.07, 6.45) is 1.79. The van der Waals surface area contributed by atoms with E-state index in [-0.39, 0.29) is 0 Å². The monoisotopic (exact) mass is 278 g/mol. The van der Waals surface area contributed by atoms with E-state index in [0.29, 0.717) is 39.1 Å². The van der Waals surface area contributed by atoms with E-state index in [1.165, 1.54) is 10.6 Å². The summed E-state index contributed by atoms with van der Waals surface area (Å²) in [5.41, 5.74) is -0.728. The molecule has 0 aliphatic carbocycles. The van der Waals surface area contributed by atoms with Gasteiger partial charge in [-0.3, -0.25) is 4.79 Å². The van der Waals surface area contributed by atoms with E-state index in [0.717, 1.165) is 0 Å². The smallest absolute Gasteiger partial charge is 0.309 e. The van der Waals surface area contributed by atoms with E-state index < -0.39 is 21.4 Å². The Morgan fingerprint density at radius 3 is 2.11 bits per heavy atom. The number of nitrogens with zero attached hydrogens (tertiary/aromatic N) is 2. The lowest BCUT2D eigenvalue weighted by Crippen LogP contribution is -2.49. The molecule has 0 saturated carbocycles. The molecule has 0 unspecified atom stereocenters. The van der Waals surface area contributed by atoms with Crippen LogP contribution >= 0.6 is 0 Å². The molecule has 1 aliphatic heterocycles. The minimum Gasteiger partial charge on any atom is -0.481 e. The first-order valence-corrected chi connectivity index (χ1v) is 7.88. The predicted octanol–water partition coefficient (Wildman–Crippen LogP) is 0.0645. The fraction of sp³-hybridized carbons (Fsp3) is 0.909. The second-order valence-electron chi connectivity index (χ2n) is 5.44. The minimum absolute atomic E-state index is 0.492. The van der Waals surface area contributed by atoms with E-state index in [1.54, 1.807) is 13.8 Å². The quantitative estimate of drug-likeness (QED) is 0.769. The van der Waals surface area contributed by atoms with Crippen LogP contribution in [0.3, 0.4) is 0 Å². The standard InChI is InChI=1S/C11H22N2O4S/c1-11(2,10(14)15)4-5-12-6-8-13(9-7-12)18(3,16)17/h4-9H2,1-3H3,(H,14,15). The number of hydrogen-bond donors (Lipinski definition) is 1. The molecular weight excluding hydrogens is 256 g/mol. The van der Waals surface area contributed by atoms with Gasteiger partial charge in [0.05, 0.1) is 11.7 Å². The van der Waals surface area contributed by atoms with Gasteiger partial charge in [0, 0.05) is 26.2 Å². The van der Waals surface area contributed by atoms with Gasteiger partial charge in [-0.15, -0.1) is 0 Å². The summed E-state index contributed by atoms with van der Waals surface area (Å²) in [7, 11) is -3.09. The summed E-state index contributed by atoms with van der Waals surface area (Å²) in [5.74, 6) is -0.794. The Hall–Kier alpha value is -0.660. The molecule has 18 heavy (non-hydrogen) atoms. The Kier molecular flexibility index (Phi) is 4.74. The Morgan fingerprint density at radius 1 is 1.22 bits per heavy atom. The number of carboxylic acid groups (broad SMARTS) is 1. The van der Waals surface area contributed by atoms with Crippen LogP contribution in [-0.4, -0.2) is 67.7 Å². The molecule has 1 fully saturated rings. The van der Waals surface area contributed by atoms with Gasteiger partial charge < -0.3 is 10.0 Å². The average Bonchev–Trinajstić information content (AvgIpc) is 2.25. The van der Waals surface area contributed by atoms with Crippen molar-refractivity contribution in [2.24, 2.45) is 5.41 Å². The zero-order valence-electron chi connectivity index (χ0n) is 11.2. The van der Waals surface area contributed by atoms with Crippen LogP contribution < -0.4 is 0 Å². The third-order valence-electron chi connectivity index (χ3n) is 3.43. The van der Waals surface area contributed by atoms with Crippen molar-refractivity contribution in [3.05, 3.63) is 0 Å². The van der Waals surface area contributed by atoms with Gasteiger partial charge in [0.25, 0.3) is 0 Å². The molecular formula is C11H22N2O4S. The molecule has 0 aromatic rings. The van der Waals surface area contributed by atoms with Gasteiger partial charge in [-0.2, -0.15) is 4.31 Å². The first-order valence-electron chi connectivity index (χ1n) is 6.04. The van der Waals surface area contributed by atoms with Crippen molar-refractivity contribution < 1.29 is 18.3 Å².